The fourth-order valence-electron chi connectivity index (χ4n) is 2.82. The van der Waals surface area contributed by atoms with Crippen molar-refractivity contribution >= 4 is 15.7 Å². The van der Waals surface area contributed by atoms with Gasteiger partial charge in [-0.15, -0.1) is 0 Å². The van der Waals surface area contributed by atoms with Crippen LogP contribution in [0.3, 0.4) is 0 Å². The van der Waals surface area contributed by atoms with Crippen LogP contribution in [0.1, 0.15) is 35.6 Å². The van der Waals surface area contributed by atoms with Crippen molar-refractivity contribution in [1.82, 2.24) is 9.88 Å². The van der Waals surface area contributed by atoms with Gasteiger partial charge in [0.25, 0.3) is 5.91 Å². The van der Waals surface area contributed by atoms with Crippen molar-refractivity contribution in [3.05, 3.63) is 57.5 Å². The molecule has 0 aliphatic carbocycles. The number of sulfone groups is 1. The first-order chi connectivity index (χ1) is 12.5. The number of aryl methyl sites for hydroxylation is 2. The van der Waals surface area contributed by atoms with Crippen LogP contribution in [0, 0.1) is 6.92 Å². The molecule has 0 bridgehead atoms. The van der Waals surface area contributed by atoms with Crippen LogP contribution in [0.25, 0.3) is 0 Å². The molecule has 0 spiro atoms. The summed E-state index contributed by atoms with van der Waals surface area (Å²) in [6, 6.07) is 7.66. The zero-order chi connectivity index (χ0) is 20.4. The number of benzene rings is 1. The zero-order valence-corrected chi connectivity index (χ0v) is 16.6. The number of hydrogen-bond donors (Lipinski definition) is 2. The zero-order valence-electron chi connectivity index (χ0n) is 15.8. The molecule has 0 aliphatic heterocycles. The SMILES string of the molecule is Cc1ccccc1S(=O)(=O)CCc1cc(=O)c(O)c(C(=O)NC(C)C)n1C. The molecule has 0 fully saturated rings. The van der Waals surface area contributed by atoms with Crippen molar-refractivity contribution in [2.45, 2.75) is 38.1 Å². The number of carbonyl (C=O) groups excluding carboxylic acids is 1. The van der Waals surface area contributed by atoms with E-state index in [0.717, 1.165) is 6.07 Å². The van der Waals surface area contributed by atoms with Gasteiger partial charge in [-0.25, -0.2) is 8.42 Å². The van der Waals surface area contributed by atoms with Crippen LogP contribution in [0.5, 0.6) is 5.75 Å². The molecule has 1 aromatic heterocycles. The van der Waals surface area contributed by atoms with Crippen LogP contribution in [0.4, 0.5) is 0 Å². The van der Waals surface area contributed by atoms with Gasteiger partial charge in [-0.2, -0.15) is 0 Å². The summed E-state index contributed by atoms with van der Waals surface area (Å²) in [4.78, 5) is 24.6. The van der Waals surface area contributed by atoms with Crippen LogP contribution in [0.2, 0.25) is 0 Å². The minimum absolute atomic E-state index is 0.0324. The normalized spacial score (nSPS) is 11.6. The molecule has 1 amide bonds. The lowest BCUT2D eigenvalue weighted by atomic mass is 10.2. The van der Waals surface area contributed by atoms with Crippen LogP contribution in [-0.2, 0) is 23.3 Å². The maximum Gasteiger partial charge on any atom is 0.272 e. The lowest BCUT2D eigenvalue weighted by molar-refractivity contribution is 0.0930. The topological polar surface area (TPSA) is 105 Å². The molecule has 1 aromatic carbocycles. The number of amides is 1. The molecule has 0 radical (unpaired) electrons. The quantitative estimate of drug-likeness (QED) is 0.776. The highest BCUT2D eigenvalue weighted by Gasteiger charge is 2.22. The molecule has 27 heavy (non-hydrogen) atoms. The highest BCUT2D eigenvalue weighted by Crippen LogP contribution is 2.19. The monoisotopic (exact) mass is 392 g/mol. The lowest BCUT2D eigenvalue weighted by Gasteiger charge is -2.17. The van der Waals surface area contributed by atoms with E-state index in [1.807, 2.05) is 0 Å². The highest BCUT2D eigenvalue weighted by atomic mass is 32.2. The Morgan fingerprint density at radius 2 is 1.89 bits per heavy atom. The van der Waals surface area contributed by atoms with Crippen molar-refractivity contribution in [2.24, 2.45) is 7.05 Å². The van der Waals surface area contributed by atoms with Crippen LogP contribution < -0.4 is 10.7 Å². The van der Waals surface area contributed by atoms with Gasteiger partial charge < -0.3 is 15.0 Å². The maximum atomic E-state index is 12.6. The van der Waals surface area contributed by atoms with Crippen molar-refractivity contribution in [3.8, 4) is 5.75 Å². The number of rotatable bonds is 6. The Hall–Kier alpha value is -2.61. The average Bonchev–Trinajstić information content (AvgIpc) is 2.56. The summed E-state index contributed by atoms with van der Waals surface area (Å²) < 4.78 is 26.6. The third-order valence-corrected chi connectivity index (χ3v) is 6.08. The van der Waals surface area contributed by atoms with Gasteiger partial charge in [-0.05, 0) is 32.4 Å². The second-order valence-electron chi connectivity index (χ2n) is 6.72. The molecule has 0 atom stereocenters. The van der Waals surface area contributed by atoms with Crippen molar-refractivity contribution in [3.63, 3.8) is 0 Å². The minimum Gasteiger partial charge on any atom is -0.503 e. The standard InChI is InChI=1S/C19H24N2O5S/c1-12(2)20-19(24)17-18(23)15(22)11-14(21(17)4)9-10-27(25,26)16-8-6-5-7-13(16)3/h5-8,11-12,23H,9-10H2,1-4H3,(H,20,24). The Morgan fingerprint density at radius 3 is 2.48 bits per heavy atom. The van der Waals surface area contributed by atoms with E-state index >= 15 is 0 Å². The molecule has 2 aromatic rings. The summed E-state index contributed by atoms with van der Waals surface area (Å²) in [5.74, 6) is -1.46. The number of aromatic hydroxyl groups is 1. The van der Waals surface area contributed by atoms with Crippen LogP contribution in [0.15, 0.2) is 40.0 Å². The summed E-state index contributed by atoms with van der Waals surface area (Å²) in [6.45, 7) is 5.23. The fraction of sp³-hybridized carbons (Fsp3) is 0.368. The third-order valence-electron chi connectivity index (χ3n) is 4.21. The van der Waals surface area contributed by atoms with Crippen LogP contribution >= 0.6 is 0 Å². The van der Waals surface area contributed by atoms with E-state index in [1.54, 1.807) is 45.0 Å². The fourth-order valence-corrected chi connectivity index (χ4v) is 4.36. The number of pyridine rings is 1. The minimum atomic E-state index is -3.56. The van der Waals surface area contributed by atoms with Gasteiger partial charge in [-0.1, -0.05) is 18.2 Å². The Balaban J connectivity index is 2.38. The van der Waals surface area contributed by atoms with Gasteiger partial charge in [0.15, 0.2) is 21.3 Å². The van der Waals surface area contributed by atoms with E-state index in [4.69, 9.17) is 0 Å². The first-order valence-corrected chi connectivity index (χ1v) is 10.2. The first kappa shape index (κ1) is 20.7. The van der Waals surface area contributed by atoms with Gasteiger partial charge >= 0.3 is 0 Å². The number of aromatic nitrogens is 1. The molecule has 0 unspecified atom stereocenters. The third kappa shape index (κ3) is 4.57. The molecule has 1 heterocycles. The molecule has 8 heteroatoms. The predicted molar refractivity (Wildman–Crippen MR) is 103 cm³/mol. The van der Waals surface area contributed by atoms with E-state index in [9.17, 15) is 23.1 Å². The molecular formula is C19H24N2O5S. The van der Waals surface area contributed by atoms with Gasteiger partial charge in [0, 0.05) is 31.3 Å². The molecule has 146 valence electrons. The molecule has 7 nitrogen and oxygen atoms in total. The summed E-state index contributed by atoms with van der Waals surface area (Å²) in [7, 11) is -2.04. The Labute approximate surface area is 158 Å². The molecule has 2 N–H and O–H groups in total. The smallest absolute Gasteiger partial charge is 0.272 e. The van der Waals surface area contributed by atoms with E-state index in [-0.39, 0.29) is 28.8 Å². The Morgan fingerprint density at radius 1 is 1.26 bits per heavy atom. The summed E-state index contributed by atoms with van der Waals surface area (Å²) >= 11 is 0. The summed E-state index contributed by atoms with van der Waals surface area (Å²) in [5.41, 5.74) is 0.0998. The number of hydrogen-bond acceptors (Lipinski definition) is 5. The molecule has 0 aliphatic rings. The van der Waals surface area contributed by atoms with E-state index in [0.29, 0.717) is 11.3 Å². The van der Waals surface area contributed by atoms with Gasteiger partial charge in [0.2, 0.25) is 5.43 Å². The molecule has 2 rings (SSSR count). The number of carbonyl (C=O) groups is 1. The summed E-state index contributed by atoms with van der Waals surface area (Å²) in [6.07, 6.45) is 0.0324. The highest BCUT2D eigenvalue weighted by molar-refractivity contribution is 7.91. The van der Waals surface area contributed by atoms with Gasteiger partial charge in [0.05, 0.1) is 10.6 Å². The van der Waals surface area contributed by atoms with E-state index in [1.165, 1.54) is 11.6 Å². The Bertz CT molecular complexity index is 1020. The Kier molecular flexibility index (Phi) is 6.10. The molecule has 0 saturated heterocycles. The predicted octanol–water partition coefficient (Wildman–Crippen LogP) is 1.55. The number of nitrogens with zero attached hydrogens (tertiary/aromatic N) is 1. The second kappa shape index (κ2) is 7.96. The maximum absolute atomic E-state index is 12.6. The molecule has 0 saturated carbocycles. The average molecular weight is 392 g/mol. The van der Waals surface area contributed by atoms with Crippen LogP contribution in [-0.4, -0.2) is 35.8 Å². The van der Waals surface area contributed by atoms with Crippen molar-refractivity contribution in [2.75, 3.05) is 5.75 Å². The van der Waals surface area contributed by atoms with E-state index < -0.39 is 26.9 Å². The molecular weight excluding hydrogens is 368 g/mol. The van der Waals surface area contributed by atoms with E-state index in [2.05, 4.69) is 5.32 Å². The lowest BCUT2D eigenvalue weighted by Crippen LogP contribution is -2.34. The van der Waals surface area contributed by atoms with Gasteiger partial charge in [0.1, 0.15) is 0 Å². The van der Waals surface area contributed by atoms with Gasteiger partial charge in [-0.3, -0.25) is 9.59 Å². The summed E-state index contributed by atoms with van der Waals surface area (Å²) in [5, 5.41) is 12.6. The van der Waals surface area contributed by atoms with Crippen molar-refractivity contribution in [1.29, 1.82) is 0 Å². The first-order valence-electron chi connectivity index (χ1n) is 8.55. The second-order valence-corrected chi connectivity index (χ2v) is 8.80. The number of nitrogens with one attached hydrogen (secondary N) is 1. The van der Waals surface area contributed by atoms with Crippen molar-refractivity contribution < 1.29 is 18.3 Å². The largest absolute Gasteiger partial charge is 0.503 e.